The molecule has 0 fully saturated rings. The van der Waals surface area contributed by atoms with Crippen LogP contribution in [0.15, 0.2) is 17.1 Å². The summed E-state index contributed by atoms with van der Waals surface area (Å²) in [7, 11) is 0. The van der Waals surface area contributed by atoms with Crippen molar-refractivity contribution < 1.29 is 9.90 Å². The summed E-state index contributed by atoms with van der Waals surface area (Å²) in [6.45, 7) is 2.14. The second kappa shape index (κ2) is 3.62. The van der Waals surface area contributed by atoms with E-state index in [-0.39, 0.29) is 16.1 Å². The molecule has 0 aliphatic rings. The molecule has 4 nitrogen and oxygen atoms in total. The van der Waals surface area contributed by atoms with Crippen molar-refractivity contribution in [2.75, 3.05) is 0 Å². The topological polar surface area (TPSA) is 59.3 Å². The van der Waals surface area contributed by atoms with Crippen LogP contribution in [0.2, 0.25) is 5.02 Å². The van der Waals surface area contributed by atoms with Gasteiger partial charge < -0.3 is 9.67 Å². The number of hydrogen-bond donors (Lipinski definition) is 1. The fraction of sp³-hybridized carbons (Fsp3) is 0.250. The lowest BCUT2D eigenvalue weighted by Gasteiger charge is -2.03. The summed E-state index contributed by atoms with van der Waals surface area (Å²) in [5.74, 6) is -1.09. The molecule has 1 N–H and O–H groups in total. The van der Waals surface area contributed by atoms with E-state index in [1.165, 1.54) is 10.8 Å². The van der Waals surface area contributed by atoms with Crippen molar-refractivity contribution in [1.29, 1.82) is 0 Å². The van der Waals surface area contributed by atoms with Gasteiger partial charge in [0, 0.05) is 12.7 Å². The first-order valence-electron chi connectivity index (χ1n) is 3.69. The largest absolute Gasteiger partial charge is 0.478 e. The fourth-order valence-electron chi connectivity index (χ4n) is 0.951. The molecule has 5 heteroatoms. The maximum absolute atomic E-state index is 11.2. The SMILES string of the molecule is CCn1cc(C(=O)O)cc(Cl)c1=O. The zero-order valence-electron chi connectivity index (χ0n) is 6.95. The molecule has 0 atom stereocenters. The Morgan fingerprint density at radius 1 is 1.69 bits per heavy atom. The minimum Gasteiger partial charge on any atom is -0.478 e. The highest BCUT2D eigenvalue weighted by Gasteiger charge is 2.08. The lowest BCUT2D eigenvalue weighted by molar-refractivity contribution is 0.0696. The number of aromatic carboxylic acids is 1. The highest BCUT2D eigenvalue weighted by atomic mass is 35.5. The molecule has 1 aromatic rings. The predicted octanol–water partition coefficient (Wildman–Crippen LogP) is 1.22. The third kappa shape index (κ3) is 1.89. The minimum atomic E-state index is -1.09. The molecule has 0 aliphatic carbocycles. The highest BCUT2D eigenvalue weighted by Crippen LogP contribution is 2.05. The second-order valence-corrected chi connectivity index (χ2v) is 2.88. The number of carboxylic acid groups (broad SMARTS) is 1. The third-order valence-corrected chi connectivity index (χ3v) is 1.90. The molecule has 0 bridgehead atoms. The summed E-state index contributed by atoms with van der Waals surface area (Å²) >= 11 is 5.55. The Hall–Kier alpha value is -1.29. The van der Waals surface area contributed by atoms with Gasteiger partial charge in [-0.3, -0.25) is 4.79 Å². The van der Waals surface area contributed by atoms with Crippen molar-refractivity contribution in [2.45, 2.75) is 13.5 Å². The Kier molecular flexibility index (Phi) is 2.72. The first-order chi connectivity index (χ1) is 6.06. The fourth-order valence-corrected chi connectivity index (χ4v) is 1.18. The quantitative estimate of drug-likeness (QED) is 0.783. The van der Waals surface area contributed by atoms with Crippen LogP contribution < -0.4 is 5.56 Å². The number of hydrogen-bond acceptors (Lipinski definition) is 2. The van der Waals surface area contributed by atoms with Crippen molar-refractivity contribution in [3.63, 3.8) is 0 Å². The monoisotopic (exact) mass is 201 g/mol. The molecule has 0 spiro atoms. The van der Waals surface area contributed by atoms with Gasteiger partial charge in [-0.1, -0.05) is 11.6 Å². The molecule has 1 aromatic heterocycles. The Bertz CT molecular complexity index is 397. The van der Waals surface area contributed by atoms with Gasteiger partial charge in [-0.15, -0.1) is 0 Å². The zero-order chi connectivity index (χ0) is 10.0. The number of carbonyl (C=O) groups is 1. The molecule has 1 rings (SSSR count). The first-order valence-corrected chi connectivity index (χ1v) is 4.07. The van der Waals surface area contributed by atoms with Crippen LogP contribution in [-0.2, 0) is 6.54 Å². The minimum absolute atomic E-state index is 0.0199. The van der Waals surface area contributed by atoms with Crippen molar-refractivity contribution >= 4 is 17.6 Å². The van der Waals surface area contributed by atoms with Gasteiger partial charge in [0.15, 0.2) is 0 Å². The van der Waals surface area contributed by atoms with Crippen LogP contribution in [0.25, 0.3) is 0 Å². The van der Waals surface area contributed by atoms with Gasteiger partial charge in [-0.2, -0.15) is 0 Å². The first kappa shape index (κ1) is 9.80. The lowest BCUT2D eigenvalue weighted by Crippen LogP contribution is -2.20. The van der Waals surface area contributed by atoms with E-state index in [4.69, 9.17) is 16.7 Å². The normalized spacial score (nSPS) is 10.0. The highest BCUT2D eigenvalue weighted by molar-refractivity contribution is 6.30. The van der Waals surface area contributed by atoms with Gasteiger partial charge in [-0.05, 0) is 13.0 Å². The second-order valence-electron chi connectivity index (χ2n) is 2.47. The van der Waals surface area contributed by atoms with Gasteiger partial charge in [0.25, 0.3) is 5.56 Å². The maximum atomic E-state index is 11.2. The number of aromatic nitrogens is 1. The van der Waals surface area contributed by atoms with Gasteiger partial charge in [0.1, 0.15) is 5.02 Å². The van der Waals surface area contributed by atoms with E-state index >= 15 is 0 Å². The summed E-state index contributed by atoms with van der Waals surface area (Å²) in [4.78, 5) is 21.8. The molecule has 0 radical (unpaired) electrons. The van der Waals surface area contributed by atoms with Crippen molar-refractivity contribution in [3.8, 4) is 0 Å². The Morgan fingerprint density at radius 2 is 2.31 bits per heavy atom. The summed E-state index contributed by atoms with van der Waals surface area (Å²) in [6, 6.07) is 1.15. The molecule has 1 heterocycles. The number of rotatable bonds is 2. The standard InChI is InChI=1S/C8H8ClNO3/c1-2-10-4-5(8(12)13)3-6(9)7(10)11/h3-4H,2H2,1H3,(H,12,13). The molecular formula is C8H8ClNO3. The molecule has 70 valence electrons. The number of halogens is 1. The Balaban J connectivity index is 3.39. The third-order valence-electron chi connectivity index (χ3n) is 1.63. The summed E-state index contributed by atoms with van der Waals surface area (Å²) in [5, 5.41) is 8.58. The number of nitrogens with zero attached hydrogens (tertiary/aromatic N) is 1. The molecule has 0 saturated carbocycles. The van der Waals surface area contributed by atoms with Crippen LogP contribution in [0.1, 0.15) is 17.3 Å². The van der Waals surface area contributed by atoms with Crippen LogP contribution in [0.4, 0.5) is 0 Å². The summed E-state index contributed by atoms with van der Waals surface area (Å²) in [6.07, 6.45) is 1.27. The van der Waals surface area contributed by atoms with Crippen LogP contribution in [0, 0.1) is 0 Å². The number of aryl methyl sites for hydroxylation is 1. The van der Waals surface area contributed by atoms with E-state index in [9.17, 15) is 9.59 Å². The van der Waals surface area contributed by atoms with Gasteiger partial charge >= 0.3 is 5.97 Å². The maximum Gasteiger partial charge on any atom is 0.337 e. The van der Waals surface area contributed by atoms with E-state index < -0.39 is 5.97 Å². The molecule has 0 saturated heterocycles. The van der Waals surface area contributed by atoms with Gasteiger partial charge in [-0.25, -0.2) is 4.79 Å². The smallest absolute Gasteiger partial charge is 0.337 e. The molecule has 0 aliphatic heterocycles. The van der Waals surface area contributed by atoms with Crippen molar-refractivity contribution in [1.82, 2.24) is 4.57 Å². The van der Waals surface area contributed by atoms with Gasteiger partial charge in [0.05, 0.1) is 5.56 Å². The summed E-state index contributed by atoms with van der Waals surface area (Å²) < 4.78 is 1.26. The molecule has 13 heavy (non-hydrogen) atoms. The van der Waals surface area contributed by atoms with Crippen LogP contribution in [0.5, 0.6) is 0 Å². The van der Waals surface area contributed by atoms with E-state index in [2.05, 4.69) is 0 Å². The van der Waals surface area contributed by atoms with E-state index in [1.54, 1.807) is 6.92 Å². The Morgan fingerprint density at radius 3 is 2.77 bits per heavy atom. The zero-order valence-corrected chi connectivity index (χ0v) is 7.71. The van der Waals surface area contributed by atoms with Crippen molar-refractivity contribution in [3.05, 3.63) is 33.2 Å². The molecule has 0 unspecified atom stereocenters. The predicted molar refractivity (Wildman–Crippen MR) is 48.3 cm³/mol. The Labute approximate surface area is 79.4 Å². The van der Waals surface area contributed by atoms with E-state index in [0.717, 1.165) is 6.07 Å². The van der Waals surface area contributed by atoms with E-state index in [0.29, 0.717) is 6.54 Å². The van der Waals surface area contributed by atoms with Gasteiger partial charge in [0.2, 0.25) is 0 Å². The average molecular weight is 202 g/mol. The molecule has 0 amide bonds. The average Bonchev–Trinajstić information content (AvgIpc) is 2.09. The number of carboxylic acids is 1. The number of pyridine rings is 1. The van der Waals surface area contributed by atoms with Crippen LogP contribution >= 0.6 is 11.6 Å². The van der Waals surface area contributed by atoms with Crippen molar-refractivity contribution in [2.24, 2.45) is 0 Å². The lowest BCUT2D eigenvalue weighted by atomic mass is 10.3. The van der Waals surface area contributed by atoms with E-state index in [1.807, 2.05) is 0 Å². The van der Waals surface area contributed by atoms with Crippen LogP contribution in [0.3, 0.4) is 0 Å². The van der Waals surface area contributed by atoms with Crippen LogP contribution in [-0.4, -0.2) is 15.6 Å². The molecule has 0 aromatic carbocycles. The molecular weight excluding hydrogens is 194 g/mol. The summed E-state index contributed by atoms with van der Waals surface area (Å²) in [5.41, 5.74) is -0.347.